The summed E-state index contributed by atoms with van der Waals surface area (Å²) in [5.41, 5.74) is 4.55. The second kappa shape index (κ2) is 6.74. The van der Waals surface area contributed by atoms with E-state index in [1.165, 1.54) is 11.9 Å². The SMILES string of the molecule is CCC(CC)(C(=O)N(C)CCS(C)(=O)=O)C(N)=NO. The highest BCUT2D eigenvalue weighted by Crippen LogP contribution is 2.29. The lowest BCUT2D eigenvalue weighted by Crippen LogP contribution is -2.50. The maximum absolute atomic E-state index is 12.4. The van der Waals surface area contributed by atoms with Crippen LogP contribution in [0.25, 0.3) is 0 Å². The van der Waals surface area contributed by atoms with Crippen molar-refractivity contribution in [1.29, 1.82) is 0 Å². The lowest BCUT2D eigenvalue weighted by atomic mass is 9.79. The lowest BCUT2D eigenvalue weighted by molar-refractivity contribution is -0.137. The smallest absolute Gasteiger partial charge is 0.236 e. The third-order valence-electron chi connectivity index (χ3n) is 3.36. The zero-order valence-electron chi connectivity index (χ0n) is 11.9. The van der Waals surface area contributed by atoms with Crippen LogP contribution < -0.4 is 5.73 Å². The first kappa shape index (κ1) is 17.7. The Morgan fingerprint density at radius 3 is 2.16 bits per heavy atom. The van der Waals surface area contributed by atoms with Crippen molar-refractivity contribution in [3.05, 3.63) is 0 Å². The van der Waals surface area contributed by atoms with E-state index in [9.17, 15) is 13.2 Å². The quantitative estimate of drug-likeness (QED) is 0.298. The highest BCUT2D eigenvalue weighted by molar-refractivity contribution is 7.90. The molecule has 1 amide bonds. The summed E-state index contributed by atoms with van der Waals surface area (Å²) >= 11 is 0. The first-order chi connectivity index (χ1) is 8.64. The Hall–Kier alpha value is -1.31. The molecule has 0 saturated carbocycles. The van der Waals surface area contributed by atoms with Crippen molar-refractivity contribution in [2.75, 3.05) is 25.6 Å². The second-order valence-electron chi connectivity index (χ2n) is 4.63. The molecule has 0 aromatic carbocycles. The molecule has 112 valence electrons. The van der Waals surface area contributed by atoms with Crippen molar-refractivity contribution in [2.24, 2.45) is 16.3 Å². The monoisotopic (exact) mass is 293 g/mol. The summed E-state index contributed by atoms with van der Waals surface area (Å²) in [5, 5.41) is 11.8. The summed E-state index contributed by atoms with van der Waals surface area (Å²) in [6.45, 7) is 3.62. The molecule has 7 nitrogen and oxygen atoms in total. The second-order valence-corrected chi connectivity index (χ2v) is 6.89. The molecule has 0 rings (SSSR count). The molecule has 0 spiro atoms. The Morgan fingerprint density at radius 1 is 1.37 bits per heavy atom. The van der Waals surface area contributed by atoms with E-state index in [1.807, 2.05) is 0 Å². The molecule has 0 bridgehead atoms. The molecule has 0 radical (unpaired) electrons. The molecule has 8 heteroatoms. The van der Waals surface area contributed by atoms with E-state index >= 15 is 0 Å². The van der Waals surface area contributed by atoms with Crippen molar-refractivity contribution >= 4 is 21.6 Å². The largest absolute Gasteiger partial charge is 0.409 e. The van der Waals surface area contributed by atoms with Gasteiger partial charge in [-0.1, -0.05) is 19.0 Å². The molecular weight excluding hydrogens is 270 g/mol. The van der Waals surface area contributed by atoms with E-state index in [4.69, 9.17) is 10.9 Å². The van der Waals surface area contributed by atoms with Crippen LogP contribution in [0.5, 0.6) is 0 Å². The molecule has 0 aliphatic heterocycles. The molecule has 0 saturated heterocycles. The van der Waals surface area contributed by atoms with Gasteiger partial charge in [-0.2, -0.15) is 0 Å². The predicted molar refractivity (Wildman–Crippen MR) is 73.8 cm³/mol. The van der Waals surface area contributed by atoms with Crippen LogP contribution in [0.1, 0.15) is 26.7 Å². The summed E-state index contributed by atoms with van der Waals surface area (Å²) < 4.78 is 22.2. The number of rotatable bonds is 7. The molecule has 0 heterocycles. The standard InChI is InChI=1S/C11H23N3O4S/c1-5-11(6-2,9(12)13-16)10(15)14(3)7-8-19(4,17)18/h16H,5-8H2,1-4H3,(H2,12,13). The minimum absolute atomic E-state index is 0.0815. The summed E-state index contributed by atoms with van der Waals surface area (Å²) in [5.74, 6) is -0.597. The Morgan fingerprint density at radius 2 is 1.84 bits per heavy atom. The average Bonchev–Trinajstić information content (AvgIpc) is 2.36. The van der Waals surface area contributed by atoms with Gasteiger partial charge in [0, 0.05) is 19.8 Å². The summed E-state index contributed by atoms with van der Waals surface area (Å²) in [6, 6.07) is 0. The fraction of sp³-hybridized carbons (Fsp3) is 0.818. The Kier molecular flexibility index (Phi) is 6.28. The Balaban J connectivity index is 5.12. The van der Waals surface area contributed by atoms with E-state index < -0.39 is 15.3 Å². The molecular formula is C11H23N3O4S. The Bertz CT molecular complexity index is 441. The zero-order chi connectivity index (χ0) is 15.3. The van der Waals surface area contributed by atoms with Crippen LogP contribution in [0, 0.1) is 5.41 Å². The van der Waals surface area contributed by atoms with Gasteiger partial charge in [0.25, 0.3) is 0 Å². The molecule has 0 aromatic heterocycles. The van der Waals surface area contributed by atoms with Crippen LogP contribution in [0.2, 0.25) is 0 Å². The summed E-state index contributed by atoms with van der Waals surface area (Å²) in [4.78, 5) is 13.7. The van der Waals surface area contributed by atoms with Crippen LogP contribution in [-0.4, -0.2) is 55.9 Å². The number of amides is 1. The van der Waals surface area contributed by atoms with E-state index in [2.05, 4.69) is 5.16 Å². The van der Waals surface area contributed by atoms with Crippen LogP contribution >= 0.6 is 0 Å². The maximum Gasteiger partial charge on any atom is 0.236 e. The van der Waals surface area contributed by atoms with E-state index in [0.717, 1.165) is 6.26 Å². The maximum atomic E-state index is 12.4. The molecule has 0 aliphatic carbocycles. The lowest BCUT2D eigenvalue weighted by Gasteiger charge is -2.33. The summed E-state index contributed by atoms with van der Waals surface area (Å²) in [7, 11) is -1.63. The first-order valence-electron chi connectivity index (χ1n) is 6.06. The number of oxime groups is 1. The number of nitrogens with two attached hydrogens (primary N) is 1. The fourth-order valence-electron chi connectivity index (χ4n) is 1.89. The van der Waals surface area contributed by atoms with Gasteiger partial charge in [-0.15, -0.1) is 0 Å². The van der Waals surface area contributed by atoms with Crippen molar-refractivity contribution in [3.63, 3.8) is 0 Å². The van der Waals surface area contributed by atoms with E-state index in [-0.39, 0.29) is 24.0 Å². The number of carbonyl (C=O) groups excluding carboxylic acids is 1. The molecule has 0 fully saturated rings. The van der Waals surface area contributed by atoms with Gasteiger partial charge < -0.3 is 15.8 Å². The minimum atomic E-state index is -3.14. The molecule has 19 heavy (non-hydrogen) atoms. The van der Waals surface area contributed by atoms with Crippen molar-refractivity contribution < 1.29 is 18.4 Å². The highest BCUT2D eigenvalue weighted by atomic mass is 32.2. The van der Waals surface area contributed by atoms with Gasteiger partial charge in [0.15, 0.2) is 5.84 Å². The minimum Gasteiger partial charge on any atom is -0.409 e. The zero-order valence-corrected chi connectivity index (χ0v) is 12.7. The van der Waals surface area contributed by atoms with Gasteiger partial charge >= 0.3 is 0 Å². The van der Waals surface area contributed by atoms with Crippen LogP contribution in [0.3, 0.4) is 0 Å². The van der Waals surface area contributed by atoms with Gasteiger partial charge in [-0.25, -0.2) is 8.42 Å². The molecule has 0 atom stereocenters. The van der Waals surface area contributed by atoms with Gasteiger partial charge in [0.2, 0.25) is 5.91 Å². The predicted octanol–water partition coefficient (Wildman–Crippen LogP) is 0.0422. The first-order valence-corrected chi connectivity index (χ1v) is 8.12. The number of hydrogen-bond donors (Lipinski definition) is 2. The van der Waals surface area contributed by atoms with Crippen molar-refractivity contribution in [3.8, 4) is 0 Å². The highest BCUT2D eigenvalue weighted by Gasteiger charge is 2.41. The van der Waals surface area contributed by atoms with Gasteiger partial charge in [-0.3, -0.25) is 4.79 Å². The normalized spacial score (nSPS) is 13.4. The van der Waals surface area contributed by atoms with Gasteiger partial charge in [0.05, 0.1) is 5.75 Å². The van der Waals surface area contributed by atoms with Gasteiger partial charge in [0.1, 0.15) is 15.3 Å². The Labute approximate surface area is 114 Å². The van der Waals surface area contributed by atoms with E-state index in [0.29, 0.717) is 12.8 Å². The number of nitrogens with zero attached hydrogens (tertiary/aromatic N) is 2. The summed E-state index contributed by atoms with van der Waals surface area (Å²) in [6.07, 6.45) is 1.87. The van der Waals surface area contributed by atoms with Crippen LogP contribution in [0.15, 0.2) is 5.16 Å². The topological polar surface area (TPSA) is 113 Å². The fourth-order valence-corrected chi connectivity index (χ4v) is 2.50. The van der Waals surface area contributed by atoms with Gasteiger partial charge in [-0.05, 0) is 12.8 Å². The molecule has 0 aliphatic rings. The third-order valence-corrected chi connectivity index (χ3v) is 4.28. The molecule has 3 N–H and O–H groups in total. The van der Waals surface area contributed by atoms with Crippen molar-refractivity contribution in [2.45, 2.75) is 26.7 Å². The number of carbonyl (C=O) groups is 1. The number of amidine groups is 1. The van der Waals surface area contributed by atoms with Crippen molar-refractivity contribution in [1.82, 2.24) is 4.90 Å². The molecule has 0 unspecified atom stereocenters. The number of sulfone groups is 1. The van der Waals surface area contributed by atoms with Crippen LogP contribution in [0.4, 0.5) is 0 Å². The van der Waals surface area contributed by atoms with E-state index in [1.54, 1.807) is 13.8 Å². The number of hydrogen-bond acceptors (Lipinski definition) is 5. The third kappa shape index (κ3) is 4.38. The molecule has 0 aromatic rings. The average molecular weight is 293 g/mol. The van der Waals surface area contributed by atoms with Crippen LogP contribution in [-0.2, 0) is 14.6 Å².